The highest BCUT2D eigenvalue weighted by Crippen LogP contribution is 2.39. The summed E-state index contributed by atoms with van der Waals surface area (Å²) < 4.78 is 0. The summed E-state index contributed by atoms with van der Waals surface area (Å²) in [5.74, 6) is 0.176. The Hall–Kier alpha value is -3.50. The van der Waals surface area contributed by atoms with Crippen molar-refractivity contribution in [2.24, 2.45) is 0 Å². The monoisotopic (exact) mass is 413 g/mol. The number of allylic oxidation sites excluding steroid dienone is 1. The molecule has 0 bridgehead atoms. The first-order valence-corrected chi connectivity index (χ1v) is 10.5. The zero-order chi connectivity index (χ0) is 22.2. The van der Waals surface area contributed by atoms with Gasteiger partial charge in [-0.1, -0.05) is 78.9 Å². The van der Waals surface area contributed by atoms with Gasteiger partial charge in [-0.15, -0.1) is 0 Å². The van der Waals surface area contributed by atoms with E-state index in [-0.39, 0.29) is 5.92 Å². The van der Waals surface area contributed by atoms with Crippen LogP contribution in [0.1, 0.15) is 11.5 Å². The van der Waals surface area contributed by atoms with Gasteiger partial charge in [-0.3, -0.25) is 0 Å². The number of benzene rings is 3. The van der Waals surface area contributed by atoms with Gasteiger partial charge in [0.2, 0.25) is 0 Å². The third kappa shape index (κ3) is 4.49. The van der Waals surface area contributed by atoms with Gasteiger partial charge in [-0.05, 0) is 33.9 Å². The van der Waals surface area contributed by atoms with E-state index in [1.807, 2.05) is 21.1 Å². The first-order valence-electron chi connectivity index (χ1n) is 10.5. The van der Waals surface area contributed by atoms with E-state index in [9.17, 15) is 0 Å². The molecule has 1 aliphatic rings. The molecule has 0 saturated carbocycles. The lowest BCUT2D eigenvalue weighted by atomic mass is 9.89. The molecular weight excluding hydrogens is 382 g/mol. The number of hydrogen-bond donors (Lipinski definition) is 4. The lowest BCUT2D eigenvalue weighted by Crippen LogP contribution is -2.21. The molecule has 160 valence electrons. The van der Waals surface area contributed by atoms with E-state index in [1.54, 1.807) is 0 Å². The normalized spacial score (nSPS) is 15.0. The molecule has 1 aliphatic carbocycles. The molecule has 0 aliphatic heterocycles. The van der Waals surface area contributed by atoms with Gasteiger partial charge in [0, 0.05) is 39.9 Å². The van der Waals surface area contributed by atoms with Crippen molar-refractivity contribution < 1.29 is 5.11 Å². The summed E-state index contributed by atoms with van der Waals surface area (Å²) in [6.45, 7) is 0. The highest BCUT2D eigenvalue weighted by molar-refractivity contribution is 5.74. The summed E-state index contributed by atoms with van der Waals surface area (Å²) in [4.78, 5) is 0. The second-order valence-corrected chi connectivity index (χ2v) is 7.13. The molecule has 31 heavy (non-hydrogen) atoms. The Kier molecular flexibility index (Phi) is 7.52. The molecule has 0 aromatic heterocycles. The SMILES string of the molecule is CNC1=CC(c2ccccc2-c2ccc(-c3ccccc3)cc2)C(NC)=C1NC.CO. The van der Waals surface area contributed by atoms with Crippen LogP contribution in [0.4, 0.5) is 0 Å². The molecule has 4 heteroatoms. The van der Waals surface area contributed by atoms with Gasteiger partial charge in [0.25, 0.3) is 0 Å². The van der Waals surface area contributed by atoms with E-state index in [0.717, 1.165) is 18.5 Å². The maximum absolute atomic E-state index is 7.00. The van der Waals surface area contributed by atoms with Gasteiger partial charge in [-0.25, -0.2) is 0 Å². The number of nitrogens with one attached hydrogen (secondary N) is 3. The highest BCUT2D eigenvalue weighted by Gasteiger charge is 2.27. The van der Waals surface area contributed by atoms with Crippen LogP contribution in [0, 0.1) is 0 Å². The fourth-order valence-corrected chi connectivity index (χ4v) is 4.14. The molecular formula is C27H31N3O. The molecule has 4 N–H and O–H groups in total. The van der Waals surface area contributed by atoms with Crippen LogP contribution in [0.25, 0.3) is 22.3 Å². The maximum atomic E-state index is 7.00. The molecule has 3 aromatic rings. The van der Waals surface area contributed by atoms with Crippen molar-refractivity contribution in [2.45, 2.75) is 5.92 Å². The zero-order valence-electron chi connectivity index (χ0n) is 18.6. The Morgan fingerprint density at radius 1 is 0.613 bits per heavy atom. The van der Waals surface area contributed by atoms with Crippen molar-refractivity contribution in [3.8, 4) is 22.3 Å². The second kappa shape index (κ2) is 10.5. The van der Waals surface area contributed by atoms with Gasteiger partial charge in [0.15, 0.2) is 0 Å². The Morgan fingerprint density at radius 2 is 1.19 bits per heavy atom. The molecule has 0 spiro atoms. The van der Waals surface area contributed by atoms with Crippen molar-refractivity contribution in [1.29, 1.82) is 0 Å². The standard InChI is InChI=1S/C26H27N3.CH4O/c1-27-24-17-23(25(28-2)26(24)29-3)22-12-8-7-11-21(22)20-15-13-19(14-16-20)18-9-5-4-6-10-18;1-2/h4-17,23,27-29H,1-3H3;2H,1H3. The zero-order valence-corrected chi connectivity index (χ0v) is 18.6. The van der Waals surface area contributed by atoms with Crippen LogP contribution >= 0.6 is 0 Å². The molecule has 3 aromatic carbocycles. The van der Waals surface area contributed by atoms with Crippen LogP contribution in [0.3, 0.4) is 0 Å². The van der Waals surface area contributed by atoms with Gasteiger partial charge < -0.3 is 21.1 Å². The number of aliphatic hydroxyl groups excluding tert-OH is 1. The van der Waals surface area contributed by atoms with Crippen molar-refractivity contribution in [3.05, 3.63) is 108 Å². The summed E-state index contributed by atoms with van der Waals surface area (Å²) in [5, 5.41) is 17.1. The molecule has 0 radical (unpaired) electrons. The minimum atomic E-state index is 0.176. The first kappa shape index (κ1) is 22.2. The summed E-state index contributed by atoms with van der Waals surface area (Å²) >= 11 is 0. The molecule has 1 atom stereocenters. The minimum absolute atomic E-state index is 0.176. The second-order valence-electron chi connectivity index (χ2n) is 7.13. The Balaban J connectivity index is 0.00000132. The average molecular weight is 414 g/mol. The average Bonchev–Trinajstić information content (AvgIpc) is 3.23. The van der Waals surface area contributed by atoms with Gasteiger partial charge >= 0.3 is 0 Å². The molecule has 1 unspecified atom stereocenters. The van der Waals surface area contributed by atoms with Crippen molar-refractivity contribution >= 4 is 0 Å². The quantitative estimate of drug-likeness (QED) is 0.481. The molecule has 0 saturated heterocycles. The number of hydrogen-bond acceptors (Lipinski definition) is 4. The Bertz CT molecular complexity index is 1050. The largest absolute Gasteiger partial charge is 0.400 e. The summed E-state index contributed by atoms with van der Waals surface area (Å²) in [6, 6.07) is 28.0. The van der Waals surface area contributed by atoms with Crippen LogP contribution in [0.15, 0.2) is 102 Å². The lowest BCUT2D eigenvalue weighted by molar-refractivity contribution is 0.399. The van der Waals surface area contributed by atoms with Crippen LogP contribution in [-0.4, -0.2) is 33.4 Å². The van der Waals surface area contributed by atoms with Crippen LogP contribution < -0.4 is 16.0 Å². The van der Waals surface area contributed by atoms with Gasteiger partial charge in [-0.2, -0.15) is 0 Å². The number of likely N-dealkylation sites (N-methyl/N-ethyl adjacent to an activating group) is 3. The Labute approximate surface area is 185 Å². The lowest BCUT2D eigenvalue weighted by Gasteiger charge is -2.19. The molecule has 4 nitrogen and oxygen atoms in total. The van der Waals surface area contributed by atoms with Crippen molar-refractivity contribution in [2.75, 3.05) is 28.3 Å². The Morgan fingerprint density at radius 3 is 1.81 bits per heavy atom. The van der Waals surface area contributed by atoms with E-state index in [4.69, 9.17) is 5.11 Å². The van der Waals surface area contributed by atoms with E-state index in [2.05, 4.69) is 101 Å². The van der Waals surface area contributed by atoms with Crippen molar-refractivity contribution in [1.82, 2.24) is 16.0 Å². The van der Waals surface area contributed by atoms with E-state index < -0.39 is 0 Å². The molecule has 0 fully saturated rings. The van der Waals surface area contributed by atoms with Crippen molar-refractivity contribution in [3.63, 3.8) is 0 Å². The minimum Gasteiger partial charge on any atom is -0.400 e. The smallest absolute Gasteiger partial charge is 0.0772 e. The fraction of sp³-hybridized carbons (Fsp3) is 0.185. The van der Waals surface area contributed by atoms with E-state index in [1.165, 1.54) is 33.5 Å². The third-order valence-corrected chi connectivity index (χ3v) is 5.57. The highest BCUT2D eigenvalue weighted by atomic mass is 16.2. The van der Waals surface area contributed by atoms with E-state index in [0.29, 0.717) is 0 Å². The van der Waals surface area contributed by atoms with Crippen LogP contribution in [0.5, 0.6) is 0 Å². The summed E-state index contributed by atoms with van der Waals surface area (Å²) in [7, 11) is 6.92. The van der Waals surface area contributed by atoms with Crippen LogP contribution in [0.2, 0.25) is 0 Å². The topological polar surface area (TPSA) is 56.3 Å². The first-order chi connectivity index (χ1) is 15.3. The summed E-state index contributed by atoms with van der Waals surface area (Å²) in [5.41, 5.74) is 9.68. The molecule has 0 amide bonds. The third-order valence-electron chi connectivity index (χ3n) is 5.57. The molecule has 4 rings (SSSR count). The number of rotatable bonds is 6. The van der Waals surface area contributed by atoms with Gasteiger partial charge in [0.1, 0.15) is 0 Å². The predicted molar refractivity (Wildman–Crippen MR) is 130 cm³/mol. The molecule has 0 heterocycles. The summed E-state index contributed by atoms with van der Waals surface area (Å²) in [6.07, 6.45) is 2.29. The fourth-order valence-electron chi connectivity index (χ4n) is 4.14. The van der Waals surface area contributed by atoms with Crippen LogP contribution in [-0.2, 0) is 0 Å². The maximum Gasteiger partial charge on any atom is 0.0772 e. The van der Waals surface area contributed by atoms with E-state index >= 15 is 0 Å². The number of aliphatic hydroxyl groups is 1. The van der Waals surface area contributed by atoms with Gasteiger partial charge in [0.05, 0.1) is 11.4 Å². The predicted octanol–water partition coefficient (Wildman–Crippen LogP) is 4.48.